The number of amides is 3. The number of benzene rings is 2. The Bertz CT molecular complexity index is 1440. The molecule has 1 heterocycles. The second-order valence-electron chi connectivity index (χ2n) is 11.6. The normalized spacial score (nSPS) is 12.6. The molecule has 0 radical (unpaired) electrons. The monoisotopic (exact) mass is 582 g/mol. The quantitative estimate of drug-likeness (QED) is 0.163. The summed E-state index contributed by atoms with van der Waals surface area (Å²) in [6, 6.07) is 14.4. The van der Waals surface area contributed by atoms with Crippen LogP contribution in [0.3, 0.4) is 0 Å². The van der Waals surface area contributed by atoms with Crippen molar-refractivity contribution in [3.05, 3.63) is 76.3 Å². The van der Waals surface area contributed by atoms with Crippen LogP contribution < -0.4 is 26.6 Å². The fraction of sp³-hybridized carbons (Fsp3) is 0.387. The zero-order valence-corrected chi connectivity index (χ0v) is 25.6. The van der Waals surface area contributed by atoms with Crippen LogP contribution in [0.1, 0.15) is 56.7 Å². The fourth-order valence-electron chi connectivity index (χ4n) is 4.40. The van der Waals surface area contributed by atoms with Gasteiger partial charge in [0.05, 0.1) is 5.56 Å². The van der Waals surface area contributed by atoms with Gasteiger partial charge in [-0.1, -0.05) is 43.6 Å². The van der Waals surface area contributed by atoms with Crippen molar-refractivity contribution in [1.82, 2.24) is 21.3 Å². The van der Waals surface area contributed by atoms with E-state index < -0.39 is 5.41 Å². The van der Waals surface area contributed by atoms with E-state index in [9.17, 15) is 14.4 Å². The summed E-state index contributed by atoms with van der Waals surface area (Å²) >= 11 is 6.23. The van der Waals surface area contributed by atoms with E-state index in [1.807, 2.05) is 78.1 Å². The minimum absolute atomic E-state index is 0.0621. The van der Waals surface area contributed by atoms with Gasteiger partial charge in [-0.05, 0) is 63.6 Å². The summed E-state index contributed by atoms with van der Waals surface area (Å²) in [5, 5.41) is 14.8. The fourth-order valence-corrected chi connectivity index (χ4v) is 4.63. The lowest BCUT2D eigenvalue weighted by molar-refractivity contribution is -0.479. The zero-order valence-electron chi connectivity index (χ0n) is 24.8. The van der Waals surface area contributed by atoms with Crippen LogP contribution in [0.2, 0.25) is 5.02 Å². The van der Waals surface area contributed by atoms with Crippen LogP contribution in [0.5, 0.6) is 0 Å². The van der Waals surface area contributed by atoms with Crippen LogP contribution in [-0.4, -0.2) is 43.9 Å². The van der Waals surface area contributed by atoms with E-state index in [1.54, 1.807) is 19.2 Å². The molecule has 41 heavy (non-hydrogen) atoms. The number of carbonyl (C=O) groups excluding carboxylic acids is 3. The lowest BCUT2D eigenvalue weighted by atomic mass is 9.88. The van der Waals surface area contributed by atoms with E-state index >= 15 is 0 Å². The van der Waals surface area contributed by atoms with Gasteiger partial charge in [0.25, 0.3) is 5.91 Å². The summed E-state index contributed by atoms with van der Waals surface area (Å²) in [4.78, 5) is 39.8. The molecule has 220 valence electrons. The molecule has 0 bridgehead atoms. The third-order valence-electron chi connectivity index (χ3n) is 6.82. The number of para-hydroxylation sites is 1. The molecule has 9 nitrogen and oxygen atoms in total. The smallest absolute Gasteiger partial charge is 0.365 e. The Labute approximate surface area is 246 Å². The number of aryl methyl sites for hydroxylation is 1. The number of carbonyl (C=O) groups is 3. The highest BCUT2D eigenvalue weighted by molar-refractivity contribution is 6.32. The molecule has 0 aliphatic heterocycles. The molecule has 0 fully saturated rings. The lowest BCUT2D eigenvalue weighted by Crippen LogP contribution is -2.83. The summed E-state index contributed by atoms with van der Waals surface area (Å²) in [6.45, 7) is 9.80. The van der Waals surface area contributed by atoms with Crippen molar-refractivity contribution >= 4 is 46.0 Å². The molecule has 3 rings (SSSR count). The molecule has 1 aromatic heterocycles. The summed E-state index contributed by atoms with van der Waals surface area (Å²) in [6.07, 6.45) is 0.538. The first-order valence-corrected chi connectivity index (χ1v) is 13.9. The average molecular weight is 583 g/mol. The molecule has 3 aromatic rings. The largest absolute Gasteiger partial charge is 0.461 e. The van der Waals surface area contributed by atoms with Crippen LogP contribution in [0.4, 0.5) is 5.69 Å². The number of nitrogens with two attached hydrogens (primary N) is 1. The van der Waals surface area contributed by atoms with Gasteiger partial charge in [0.1, 0.15) is 17.0 Å². The number of rotatable bonds is 12. The van der Waals surface area contributed by atoms with Crippen LogP contribution in [0.25, 0.3) is 11.0 Å². The van der Waals surface area contributed by atoms with Gasteiger partial charge in [0.2, 0.25) is 5.91 Å². The second kappa shape index (κ2) is 13.3. The Morgan fingerprint density at radius 1 is 0.976 bits per heavy atom. The minimum Gasteiger partial charge on any atom is -0.461 e. The first-order valence-electron chi connectivity index (χ1n) is 13.6. The topological polar surface area (TPSA) is 129 Å². The summed E-state index contributed by atoms with van der Waals surface area (Å²) in [5.41, 5.74) is 1.38. The van der Waals surface area contributed by atoms with Crippen molar-refractivity contribution in [2.45, 2.75) is 53.0 Å². The highest BCUT2D eigenvalue weighted by Crippen LogP contribution is 2.28. The molecular weight excluding hydrogens is 542 g/mol. The summed E-state index contributed by atoms with van der Waals surface area (Å²) in [7, 11) is 3.58. The predicted molar refractivity (Wildman–Crippen MR) is 162 cm³/mol. The first-order chi connectivity index (χ1) is 19.2. The van der Waals surface area contributed by atoms with E-state index in [0.29, 0.717) is 34.0 Å². The van der Waals surface area contributed by atoms with E-state index in [4.69, 9.17) is 16.0 Å². The minimum atomic E-state index is -0.627. The van der Waals surface area contributed by atoms with Gasteiger partial charge in [-0.2, -0.15) is 0 Å². The Morgan fingerprint density at radius 3 is 2.29 bits per heavy atom. The van der Waals surface area contributed by atoms with E-state index in [1.165, 1.54) is 5.32 Å². The van der Waals surface area contributed by atoms with Gasteiger partial charge in [0, 0.05) is 48.1 Å². The average Bonchev–Trinajstić information content (AvgIpc) is 3.28. The van der Waals surface area contributed by atoms with Crippen molar-refractivity contribution in [3.63, 3.8) is 0 Å². The molecule has 2 aromatic carbocycles. The maximum atomic E-state index is 13.4. The second-order valence-corrected chi connectivity index (χ2v) is 12.1. The van der Waals surface area contributed by atoms with Gasteiger partial charge >= 0.3 is 5.91 Å². The highest BCUT2D eigenvalue weighted by atomic mass is 35.5. The number of fused-ring (bicyclic) bond motifs is 1. The van der Waals surface area contributed by atoms with Crippen molar-refractivity contribution < 1.29 is 24.1 Å². The van der Waals surface area contributed by atoms with Gasteiger partial charge in [-0.3, -0.25) is 9.59 Å². The van der Waals surface area contributed by atoms with Crippen LogP contribution in [0.15, 0.2) is 64.3 Å². The molecule has 0 atom stereocenters. The molecule has 0 spiro atoms. The molecule has 3 amide bonds. The molecule has 0 saturated carbocycles. The number of primary amides is 1. The van der Waals surface area contributed by atoms with Crippen LogP contribution >= 0.6 is 11.6 Å². The molecule has 6 N–H and O–H groups in total. The zero-order chi connectivity index (χ0) is 30.4. The van der Waals surface area contributed by atoms with Gasteiger partial charge in [0.15, 0.2) is 5.70 Å². The van der Waals surface area contributed by atoms with Crippen LogP contribution in [0, 0.1) is 12.3 Å². The summed E-state index contributed by atoms with van der Waals surface area (Å²) in [5.74, 6) is -0.322. The molecule has 0 unspecified atom stereocenters. The van der Waals surface area contributed by atoms with Gasteiger partial charge in [-0.15, -0.1) is 0 Å². The molecule has 0 aliphatic rings. The molecule has 0 aliphatic carbocycles. The first kappa shape index (κ1) is 31.9. The number of hydrogen-bond donors (Lipinski definition) is 5. The van der Waals surface area contributed by atoms with Crippen molar-refractivity contribution in [2.24, 2.45) is 5.41 Å². The van der Waals surface area contributed by atoms with E-state index in [0.717, 1.165) is 11.1 Å². The van der Waals surface area contributed by atoms with Crippen molar-refractivity contribution in [3.8, 4) is 0 Å². The number of hydrogen-bond acceptors (Lipinski definition) is 6. The number of furan rings is 1. The highest BCUT2D eigenvalue weighted by Gasteiger charge is 2.29. The third-order valence-corrected chi connectivity index (χ3v) is 7.04. The molecule has 0 saturated heterocycles. The maximum absolute atomic E-state index is 13.4. The summed E-state index contributed by atoms with van der Waals surface area (Å²) < 4.78 is 5.72. The lowest BCUT2D eigenvalue weighted by Gasteiger charge is -2.27. The van der Waals surface area contributed by atoms with Gasteiger partial charge in [-0.25, -0.2) is 10.1 Å². The Hall–Kier alpha value is -3.66. The standard InChI is InChI=1S/C31H40ClN5O4/c1-19-13-20-14-21(32)15-23(27(20)41-19)28(39)35-18-30(2,3)17-25(38)37-26(24(33-6)16-31(4,5)34-7)29(40)36-22-11-9-8-10-12-22/h8-15,33-34H,16-18H2,1-7H3,(H,35,39)(H,36,40)(H,37,38)/p+1/b26-24+. The Kier molecular flexibility index (Phi) is 10.4. The Balaban J connectivity index is 1.75. The van der Waals surface area contributed by atoms with Crippen molar-refractivity contribution in [2.75, 3.05) is 20.6 Å². The SMILES string of the molecule is CN/C(CC(C)(C)NC)=C(/NC(=O)CC(C)(C)CNC(=O)c1cc(Cl)cc2cc(C)oc12)C(=O)[NH2+]c1ccccc1. The van der Waals surface area contributed by atoms with E-state index in [2.05, 4.69) is 21.3 Å². The molecule has 10 heteroatoms. The third kappa shape index (κ3) is 8.91. The van der Waals surface area contributed by atoms with Crippen LogP contribution in [-0.2, 0) is 9.59 Å². The number of quaternary nitrogens is 1. The number of nitrogens with one attached hydrogen (secondary N) is 4. The van der Waals surface area contributed by atoms with Crippen molar-refractivity contribution in [1.29, 1.82) is 0 Å². The maximum Gasteiger partial charge on any atom is 0.365 e. The van der Waals surface area contributed by atoms with Gasteiger partial charge < -0.3 is 25.7 Å². The number of halogens is 1. The van der Waals surface area contributed by atoms with E-state index in [-0.39, 0.29) is 41.9 Å². The predicted octanol–water partition coefficient (Wildman–Crippen LogP) is 3.90. The molecular formula is C31H41ClN5O4+. The Morgan fingerprint density at radius 2 is 1.66 bits per heavy atom.